The highest BCUT2D eigenvalue weighted by Gasteiger charge is 1.34. The van der Waals surface area contributed by atoms with Gasteiger partial charge < -0.3 is 9.90 Å². The maximum Gasteiger partial charge on any atom is 0.116 e. The highest BCUT2D eigenvalue weighted by Crippen LogP contribution is 1.31. The molecule has 0 aliphatic heterocycles. The third-order valence-electron chi connectivity index (χ3n) is 0. The number of carbonyl (C=O) groups excluding carboxylic acids is 1. The fourth-order valence-electron chi connectivity index (χ4n) is 0. The lowest BCUT2D eigenvalue weighted by molar-refractivity contribution is -0.176. The van der Waals surface area contributed by atoms with E-state index >= 15 is 0 Å². The van der Waals surface area contributed by atoms with Crippen LogP contribution in [0.3, 0.4) is 0 Å². The molecule has 0 radical (unpaired) electrons. The van der Waals surface area contributed by atoms with Crippen LogP contribution in [0.4, 0.5) is 0 Å². The molecule has 108 valence electrons. The van der Waals surface area contributed by atoms with E-state index in [4.69, 9.17) is 40.9 Å². The minimum absolute atomic E-state index is 0. The van der Waals surface area contributed by atoms with Gasteiger partial charge in [-0.1, -0.05) is 14.9 Å². The Morgan fingerprint density at radius 1 is 1.00 bits per heavy atom. The van der Waals surface area contributed by atoms with Crippen molar-refractivity contribution < 1.29 is 30.9 Å². The summed E-state index contributed by atoms with van der Waals surface area (Å²) in [5, 5.41) is 31.6. The van der Waals surface area contributed by atoms with Gasteiger partial charge in [0.25, 0.3) is 0 Å². The zero-order valence-corrected chi connectivity index (χ0v) is 9.09. The van der Waals surface area contributed by atoms with Crippen molar-refractivity contribution in [1.82, 2.24) is 0 Å². The Balaban J connectivity index is -0.00000000791. The number of carbonyl (C=O) groups is 1. The van der Waals surface area contributed by atoms with Gasteiger partial charge in [-0.05, 0) is 20.1 Å². The van der Waals surface area contributed by atoms with E-state index < -0.39 is 0 Å². The van der Waals surface area contributed by atoms with E-state index in [1.165, 1.54) is 6.92 Å². The number of hydrogen-bond donors (Lipinski definition) is 6. The monoisotopic (exact) mass is 270 g/mol. The lowest BCUT2D eigenvalue weighted by Crippen LogP contribution is -1.57. The molecule has 0 rings (SSSR count). The van der Waals surface area contributed by atoms with Gasteiger partial charge in [-0.3, -0.25) is 21.0 Å². The predicted octanol–water partition coefficient (Wildman–Crippen LogP) is 2.12. The number of hydrogen-bond acceptors (Lipinski definition) is 9. The Hall–Kier alpha value is -0.580. The van der Waals surface area contributed by atoms with E-state index in [0.29, 0.717) is 0 Å². The molecule has 0 atom stereocenters. The average Bonchev–Trinajstić information content (AvgIpc) is 2.31. The number of aliphatic hydroxyl groups excluding tert-OH is 1. The second kappa shape index (κ2) is 1290. The van der Waals surface area contributed by atoms with Crippen LogP contribution in [0.5, 0.6) is 0 Å². The topological polar surface area (TPSA) is 152 Å². The van der Waals surface area contributed by atoms with Crippen LogP contribution in [0.15, 0.2) is 0 Å². The highest BCUT2D eigenvalue weighted by atomic mass is 32.1. The lowest BCUT2D eigenvalue weighted by Gasteiger charge is -1.52. The van der Waals surface area contributed by atoms with Crippen LogP contribution in [-0.2, 0) is 4.79 Å². The largest absolute Gasteiger partial charge is 0.397 e. The molecule has 0 saturated carbocycles. The fourth-order valence-corrected chi connectivity index (χ4v) is 0. The van der Waals surface area contributed by atoms with Crippen LogP contribution >= 0.6 is 12.6 Å². The minimum atomic E-state index is 0. The molecule has 0 saturated heterocycles. The van der Waals surface area contributed by atoms with Gasteiger partial charge in [-0.2, -0.15) is 12.6 Å². The molecule has 16 heavy (non-hydrogen) atoms. The Morgan fingerprint density at radius 2 is 1.00 bits per heavy atom. The predicted molar refractivity (Wildman–Crippen MR) is 70.1 cm³/mol. The molecule has 0 aromatic rings. The van der Waals surface area contributed by atoms with Crippen molar-refractivity contribution in [3.63, 3.8) is 0 Å². The quantitative estimate of drug-likeness (QED) is 0.169. The Kier molecular flexibility index (Phi) is 4690. The van der Waals surface area contributed by atoms with Crippen molar-refractivity contribution >= 4 is 18.9 Å². The van der Waals surface area contributed by atoms with Crippen LogP contribution in [0.1, 0.15) is 28.7 Å². The summed E-state index contributed by atoms with van der Waals surface area (Å²) in [7, 11) is 0. The first-order valence-corrected chi connectivity index (χ1v) is 3.74. The fraction of sp³-hybridized carbons (Fsp3) is 0.857. The van der Waals surface area contributed by atoms with E-state index in [0.717, 1.165) is 6.29 Å². The third-order valence-corrected chi connectivity index (χ3v) is 0. The molecule has 9 heteroatoms. The lowest BCUT2D eigenvalue weighted by atomic mass is 10.9. The van der Waals surface area contributed by atoms with E-state index in [1.807, 2.05) is 0 Å². The van der Waals surface area contributed by atoms with E-state index in [2.05, 4.69) is 12.6 Å². The maximum atomic E-state index is 8.81. The molecule has 0 fully saturated rings. The Labute approximate surface area is 102 Å². The normalized spacial score (nSPS) is 3.31. The van der Waals surface area contributed by atoms with Crippen LogP contribution in [0, 0.1) is 9.93 Å². The summed E-state index contributed by atoms with van der Waals surface area (Å²) >= 11 is 3.53. The van der Waals surface area contributed by atoms with Crippen molar-refractivity contribution in [3.05, 3.63) is 9.93 Å². The summed E-state index contributed by atoms with van der Waals surface area (Å²) in [6.07, 6.45) is 2.44. The Morgan fingerprint density at radius 3 is 1.00 bits per heavy atom. The SMILES string of the molecule is C.C.CC=O.CCO.CS.O=O.OO.OO. The minimum Gasteiger partial charge on any atom is -0.397 e. The van der Waals surface area contributed by atoms with Gasteiger partial charge in [0.15, 0.2) is 0 Å². The van der Waals surface area contributed by atoms with E-state index in [-0.39, 0.29) is 21.5 Å². The molecule has 0 amide bonds. The molecule has 0 bridgehead atoms. The maximum absolute atomic E-state index is 8.81. The molecule has 0 heterocycles. The zero-order chi connectivity index (χ0) is 13.4. The first-order chi connectivity index (χ1) is 6.83. The molecule has 5 N–H and O–H groups in total. The van der Waals surface area contributed by atoms with Crippen molar-refractivity contribution in [2.24, 2.45) is 0 Å². The van der Waals surface area contributed by atoms with Gasteiger partial charge in [-0.15, -0.1) is 0 Å². The summed E-state index contributed by atoms with van der Waals surface area (Å²) in [5.74, 6) is 0. The summed E-state index contributed by atoms with van der Waals surface area (Å²) in [5.41, 5.74) is 0. The van der Waals surface area contributed by atoms with Crippen molar-refractivity contribution in [2.75, 3.05) is 12.9 Å². The van der Waals surface area contributed by atoms with Gasteiger partial charge in [0.2, 0.25) is 0 Å². The van der Waals surface area contributed by atoms with Crippen LogP contribution in [-0.4, -0.2) is 45.3 Å². The second-order valence-corrected chi connectivity index (χ2v) is 0.552. The van der Waals surface area contributed by atoms with E-state index in [1.54, 1.807) is 13.2 Å². The molecule has 0 spiro atoms. The summed E-state index contributed by atoms with van der Waals surface area (Å²) in [6, 6.07) is 0. The van der Waals surface area contributed by atoms with E-state index in [9.17, 15) is 0 Å². The number of aldehydes is 1. The van der Waals surface area contributed by atoms with Crippen LogP contribution in [0.25, 0.3) is 0 Å². The first-order valence-electron chi connectivity index (χ1n) is 2.85. The second-order valence-electron chi connectivity index (χ2n) is 0.552. The smallest absolute Gasteiger partial charge is 0.116 e. The average molecular weight is 270 g/mol. The van der Waals surface area contributed by atoms with Gasteiger partial charge in [0.05, 0.1) is 0 Å². The summed E-state index contributed by atoms with van der Waals surface area (Å²) in [4.78, 5) is 22.8. The highest BCUT2D eigenvalue weighted by molar-refractivity contribution is 7.79. The summed E-state index contributed by atoms with van der Waals surface area (Å²) < 4.78 is 0. The third kappa shape index (κ3) is 6150. The summed E-state index contributed by atoms with van der Waals surface area (Å²) in [6.45, 7) is 3.38. The van der Waals surface area contributed by atoms with Crippen LogP contribution < -0.4 is 0 Å². The van der Waals surface area contributed by atoms with Gasteiger partial charge in [0, 0.05) is 16.5 Å². The van der Waals surface area contributed by atoms with Crippen molar-refractivity contribution in [1.29, 1.82) is 0 Å². The van der Waals surface area contributed by atoms with Crippen LogP contribution in [0.2, 0.25) is 0 Å². The molecule has 0 aliphatic rings. The molecule has 0 aromatic carbocycles. The molecule has 8 nitrogen and oxygen atoms in total. The molecular weight excluding hydrogens is 244 g/mol. The molecular formula is C7H26O8S. The number of aliphatic hydroxyl groups is 1. The molecule has 0 unspecified atom stereocenters. The van der Waals surface area contributed by atoms with Gasteiger partial charge in [-0.25, -0.2) is 0 Å². The Bertz CT molecular complexity index is 41.6. The van der Waals surface area contributed by atoms with Gasteiger partial charge >= 0.3 is 0 Å². The first kappa shape index (κ1) is 58.2. The zero-order valence-electron chi connectivity index (χ0n) is 8.19. The number of rotatable bonds is 0. The van der Waals surface area contributed by atoms with Crippen molar-refractivity contribution in [3.8, 4) is 0 Å². The molecule has 0 aromatic heterocycles. The molecule has 0 aliphatic carbocycles. The van der Waals surface area contributed by atoms with Crippen molar-refractivity contribution in [2.45, 2.75) is 28.7 Å². The van der Waals surface area contributed by atoms with Gasteiger partial charge in [0.1, 0.15) is 6.29 Å². The standard InChI is InChI=1S/C2H6O.C2H4O.CH4S.2CH4.2H2O2.O2/c2*1-2-3;1-2;;;3*1-2/h3H,2H2,1H3;2H,1H3;2H,1H3;2*1H4;2*1-2H;. The number of thiol groups is 1.